The molecule has 1 aliphatic rings. The third-order valence-electron chi connectivity index (χ3n) is 6.29. The van der Waals surface area contributed by atoms with Crippen LogP contribution in [0.1, 0.15) is 68.4 Å². The van der Waals surface area contributed by atoms with Crippen molar-refractivity contribution in [2.75, 3.05) is 0 Å². The normalized spacial score (nSPS) is 13.1. The molecule has 0 atom stereocenters. The number of aryl methyl sites for hydroxylation is 2. The molecule has 1 heterocycles. The van der Waals surface area contributed by atoms with E-state index in [4.69, 9.17) is 14.9 Å². The summed E-state index contributed by atoms with van der Waals surface area (Å²) < 4.78 is 0. The summed E-state index contributed by atoms with van der Waals surface area (Å²) in [5.74, 6) is 0.250. The quantitative estimate of drug-likeness (QED) is 0.145. The van der Waals surface area contributed by atoms with Gasteiger partial charge in [-0.15, -0.1) is 35.4 Å². The zero-order chi connectivity index (χ0) is 24.0. The second-order valence-corrected chi connectivity index (χ2v) is 9.36. The Morgan fingerprint density at radius 1 is 1.09 bits per heavy atom. The third-order valence-corrected chi connectivity index (χ3v) is 6.29. The molecule has 0 fully saturated rings. The zero-order valence-electron chi connectivity index (χ0n) is 20.8. The summed E-state index contributed by atoms with van der Waals surface area (Å²) in [4.78, 5) is 13.1. The van der Waals surface area contributed by atoms with Crippen LogP contribution in [0.3, 0.4) is 0 Å². The Bertz CT molecular complexity index is 1160. The maximum Gasteiger partial charge on any atom is 0.316 e. The molecule has 181 valence electrons. The topological polar surface area (TPSA) is 54.5 Å². The van der Waals surface area contributed by atoms with Gasteiger partial charge in [-0.3, -0.25) is 4.79 Å². The van der Waals surface area contributed by atoms with Crippen molar-refractivity contribution >= 4 is 5.78 Å². The molecule has 0 saturated heterocycles. The molecular formula is C30H35IrNO2. The van der Waals surface area contributed by atoms with E-state index in [1.165, 1.54) is 67.0 Å². The van der Waals surface area contributed by atoms with Crippen molar-refractivity contribution < 1.29 is 30.0 Å². The van der Waals surface area contributed by atoms with Gasteiger partial charge in [0, 0.05) is 26.3 Å². The molecule has 1 aromatic heterocycles. The van der Waals surface area contributed by atoms with E-state index in [2.05, 4.69) is 75.4 Å². The average Bonchev–Trinajstić information content (AvgIpc) is 2.78. The van der Waals surface area contributed by atoms with Crippen LogP contribution in [0.15, 0.2) is 66.6 Å². The summed E-state index contributed by atoms with van der Waals surface area (Å²) >= 11 is 0. The Labute approximate surface area is 217 Å². The molecule has 4 rings (SSSR count). The summed E-state index contributed by atoms with van der Waals surface area (Å²) in [6, 6.07) is 20.9. The van der Waals surface area contributed by atoms with Gasteiger partial charge in [0.15, 0.2) is 0 Å². The van der Waals surface area contributed by atoms with E-state index in [0.717, 1.165) is 17.7 Å². The Morgan fingerprint density at radius 3 is 2.44 bits per heavy atom. The Balaban J connectivity index is 0.000000449. The third kappa shape index (κ3) is 6.74. The summed E-state index contributed by atoms with van der Waals surface area (Å²) in [6.45, 7) is 9.81. The van der Waals surface area contributed by atoms with Gasteiger partial charge >= 0.3 is 5.78 Å². The molecule has 0 unspecified atom stereocenters. The number of benzene rings is 2. The molecule has 1 radical (unpaired) electrons. The number of aliphatic hydroxyl groups is 1. The fourth-order valence-electron chi connectivity index (χ4n) is 4.62. The smallest absolute Gasteiger partial charge is 0.316 e. The Hall–Kier alpha value is -2.55. The molecule has 3 nitrogen and oxygen atoms in total. The van der Waals surface area contributed by atoms with E-state index >= 15 is 0 Å². The van der Waals surface area contributed by atoms with Gasteiger partial charge < -0.3 is 10.1 Å². The number of pyridine rings is 1. The van der Waals surface area contributed by atoms with Crippen LogP contribution in [-0.2, 0) is 38.4 Å². The summed E-state index contributed by atoms with van der Waals surface area (Å²) in [6.07, 6.45) is 8.12. The van der Waals surface area contributed by atoms with Crippen molar-refractivity contribution in [2.24, 2.45) is 0 Å². The van der Waals surface area contributed by atoms with E-state index in [1.807, 2.05) is 6.20 Å². The standard InChI is InChI=1S/C25H26N.C5H8O2.Ir/c1-18-9-4-7-14-23(18)25(2,3)21-12-8-11-20(17-21)24-22-13-6-5-10-19(22)15-16-26-24;1-4(6)3-5(2)7;/h4,7-9,12,14-17H,5-6,10,13H2,1-3H3;3,6H,1-2H3;/q-1;;/p+1/b;4-3-;. The largest absolute Gasteiger partial charge is 0.512 e. The van der Waals surface area contributed by atoms with Crippen molar-refractivity contribution in [1.82, 2.24) is 4.98 Å². The first-order valence-electron chi connectivity index (χ1n) is 11.7. The number of hydrogen-bond acceptors (Lipinski definition) is 2. The monoisotopic (exact) mass is 634 g/mol. The molecule has 1 aliphatic carbocycles. The van der Waals surface area contributed by atoms with Crippen LogP contribution in [0, 0.1) is 13.0 Å². The first kappa shape index (κ1) is 27.7. The van der Waals surface area contributed by atoms with Crippen LogP contribution >= 0.6 is 0 Å². The van der Waals surface area contributed by atoms with Crippen molar-refractivity contribution in [3.63, 3.8) is 0 Å². The number of nitrogens with zero attached hydrogens (tertiary/aromatic N) is 1. The van der Waals surface area contributed by atoms with Gasteiger partial charge in [-0.2, -0.15) is 0 Å². The average molecular weight is 634 g/mol. The molecule has 3 aromatic rings. The predicted molar refractivity (Wildman–Crippen MR) is 137 cm³/mol. The molecule has 0 bridgehead atoms. The molecule has 2 N–H and O–H groups in total. The number of carbonyl (C=O) groups excluding carboxylic acids is 1. The maximum atomic E-state index is 8.40. The number of rotatable bonds is 4. The SMILES string of the molecule is CC(=[OH+])/C=C(/C)O.Cc1ccccc1C(C)(C)c1cc[c-]c(-c2nccc3c2CCCC3)c1.[Ir]. The predicted octanol–water partition coefficient (Wildman–Crippen LogP) is 7.07. The number of allylic oxidation sites excluding steroid dienone is 2. The van der Waals surface area contributed by atoms with Crippen LogP contribution in [0.4, 0.5) is 0 Å². The van der Waals surface area contributed by atoms with Gasteiger partial charge in [0.1, 0.15) is 0 Å². The van der Waals surface area contributed by atoms with Crippen molar-refractivity contribution in [1.29, 1.82) is 0 Å². The van der Waals surface area contributed by atoms with Crippen molar-refractivity contribution in [3.05, 3.63) is 100 Å². The maximum absolute atomic E-state index is 8.40. The van der Waals surface area contributed by atoms with Gasteiger partial charge in [-0.25, -0.2) is 0 Å². The van der Waals surface area contributed by atoms with E-state index in [1.54, 1.807) is 0 Å². The molecule has 2 aromatic carbocycles. The van der Waals surface area contributed by atoms with Crippen LogP contribution < -0.4 is 0 Å². The number of fused-ring (bicyclic) bond motifs is 1. The molecule has 4 heteroatoms. The first-order chi connectivity index (χ1) is 15.7. The van der Waals surface area contributed by atoms with Gasteiger partial charge in [0.05, 0.1) is 18.8 Å². The molecule has 0 aliphatic heterocycles. The fraction of sp³-hybridized carbons (Fsp3) is 0.333. The van der Waals surface area contributed by atoms with Crippen LogP contribution in [0.5, 0.6) is 0 Å². The van der Waals surface area contributed by atoms with Crippen LogP contribution in [0.25, 0.3) is 11.3 Å². The second kappa shape index (κ2) is 12.2. The van der Waals surface area contributed by atoms with E-state index in [-0.39, 0.29) is 37.1 Å². The molecular weight excluding hydrogens is 599 g/mol. The number of ketones is 1. The number of aromatic nitrogens is 1. The number of aliphatic hydroxyl groups excluding tert-OH is 1. The Morgan fingerprint density at radius 2 is 1.79 bits per heavy atom. The molecule has 0 saturated carbocycles. The molecule has 0 spiro atoms. The minimum Gasteiger partial charge on any atom is -0.512 e. The molecule has 0 amide bonds. The Kier molecular flexibility index (Phi) is 9.97. The van der Waals surface area contributed by atoms with Crippen molar-refractivity contribution in [2.45, 2.75) is 65.7 Å². The number of hydrogen-bond donors (Lipinski definition) is 1. The van der Waals surface area contributed by atoms with Crippen molar-refractivity contribution in [3.8, 4) is 11.3 Å². The minimum absolute atomic E-state index is 0. The van der Waals surface area contributed by atoms with E-state index in [0.29, 0.717) is 0 Å². The van der Waals surface area contributed by atoms with Gasteiger partial charge in [0.2, 0.25) is 0 Å². The minimum atomic E-state index is -0.0516. The first-order valence-corrected chi connectivity index (χ1v) is 11.7. The zero-order valence-corrected chi connectivity index (χ0v) is 23.2. The summed E-state index contributed by atoms with van der Waals surface area (Å²) in [5, 5.41) is 8.40. The van der Waals surface area contributed by atoms with E-state index < -0.39 is 0 Å². The summed E-state index contributed by atoms with van der Waals surface area (Å²) in [5.41, 5.74) is 9.13. The van der Waals surface area contributed by atoms with Gasteiger partial charge in [0.25, 0.3) is 0 Å². The second-order valence-electron chi connectivity index (χ2n) is 9.36. The van der Waals surface area contributed by atoms with Gasteiger partial charge in [-0.05, 0) is 67.8 Å². The van der Waals surface area contributed by atoms with Crippen LogP contribution in [0.2, 0.25) is 0 Å². The van der Waals surface area contributed by atoms with Gasteiger partial charge in [-0.1, -0.05) is 49.2 Å². The molecule has 34 heavy (non-hydrogen) atoms. The summed E-state index contributed by atoms with van der Waals surface area (Å²) in [7, 11) is 0. The van der Waals surface area contributed by atoms with Crippen LogP contribution in [-0.4, -0.2) is 20.7 Å². The fourth-order valence-corrected chi connectivity index (χ4v) is 4.62. The van der Waals surface area contributed by atoms with E-state index in [9.17, 15) is 0 Å².